The average molecular weight is 368 g/mol. The number of ether oxygens (including phenoxy) is 3. The maximum atomic E-state index is 12.2. The fourth-order valence-electron chi connectivity index (χ4n) is 2.62. The highest BCUT2D eigenvalue weighted by molar-refractivity contribution is 6.13. The monoisotopic (exact) mass is 368 g/mol. The third-order valence-electron chi connectivity index (χ3n) is 3.91. The number of carbonyl (C=O) groups is 1. The van der Waals surface area contributed by atoms with Gasteiger partial charge < -0.3 is 14.2 Å². The van der Waals surface area contributed by atoms with E-state index >= 15 is 0 Å². The lowest BCUT2D eigenvalue weighted by Crippen LogP contribution is -2.05. The summed E-state index contributed by atoms with van der Waals surface area (Å²) in [6, 6.07) is 9.97. The van der Waals surface area contributed by atoms with Gasteiger partial charge in [0.05, 0.1) is 30.8 Å². The molecule has 27 heavy (non-hydrogen) atoms. The minimum absolute atomic E-state index is 0.0400. The molecule has 0 aromatic heterocycles. The minimum Gasteiger partial charge on any atom is -0.493 e. The summed E-state index contributed by atoms with van der Waals surface area (Å²) in [7, 11) is 2.80. The molecule has 0 amide bonds. The zero-order valence-electron chi connectivity index (χ0n) is 14.9. The van der Waals surface area contributed by atoms with Gasteiger partial charge in [0, 0.05) is 5.56 Å². The van der Waals surface area contributed by atoms with E-state index in [1.54, 1.807) is 6.07 Å². The molecule has 0 bridgehead atoms. The molecule has 1 aliphatic heterocycles. The summed E-state index contributed by atoms with van der Waals surface area (Å²) < 4.78 is 15.5. The Morgan fingerprint density at radius 2 is 1.85 bits per heavy atom. The van der Waals surface area contributed by atoms with Crippen LogP contribution in [0.4, 0.5) is 5.69 Å². The number of hydrogen-bond donors (Lipinski definition) is 0. The number of esters is 1. The van der Waals surface area contributed by atoms with E-state index in [2.05, 4.69) is 4.99 Å². The van der Waals surface area contributed by atoms with Gasteiger partial charge in [-0.15, -0.1) is 0 Å². The highest BCUT2D eigenvalue weighted by Crippen LogP contribution is 2.36. The van der Waals surface area contributed by atoms with Gasteiger partial charge in [-0.3, -0.25) is 10.1 Å². The number of nitrogens with zero attached hydrogens (tertiary/aromatic N) is 2. The highest BCUT2D eigenvalue weighted by atomic mass is 16.6. The van der Waals surface area contributed by atoms with Crippen molar-refractivity contribution in [1.29, 1.82) is 0 Å². The van der Waals surface area contributed by atoms with Gasteiger partial charge in [0.1, 0.15) is 0 Å². The fraction of sp³-hybridized carbons (Fsp3) is 0.158. The minimum atomic E-state index is -0.685. The number of nitro benzene ring substituents is 1. The second-order valence-corrected chi connectivity index (χ2v) is 5.73. The Morgan fingerprint density at radius 1 is 1.15 bits per heavy atom. The number of nitro groups is 1. The number of methoxy groups -OCH3 is 2. The van der Waals surface area contributed by atoms with Gasteiger partial charge in [-0.05, 0) is 31.2 Å². The van der Waals surface area contributed by atoms with Crippen LogP contribution in [0, 0.1) is 17.0 Å². The van der Waals surface area contributed by atoms with E-state index in [4.69, 9.17) is 14.2 Å². The molecule has 3 rings (SSSR count). The van der Waals surface area contributed by atoms with Gasteiger partial charge in [-0.1, -0.05) is 17.7 Å². The number of rotatable bonds is 5. The first-order valence-electron chi connectivity index (χ1n) is 7.93. The van der Waals surface area contributed by atoms with E-state index in [0.29, 0.717) is 11.3 Å². The molecule has 138 valence electrons. The lowest BCUT2D eigenvalue weighted by atomic mass is 10.1. The molecule has 8 heteroatoms. The maximum absolute atomic E-state index is 12.2. The van der Waals surface area contributed by atoms with Crippen molar-refractivity contribution in [3.8, 4) is 11.5 Å². The van der Waals surface area contributed by atoms with E-state index in [1.165, 1.54) is 32.4 Å². The van der Waals surface area contributed by atoms with Crippen LogP contribution >= 0.6 is 0 Å². The molecule has 2 aromatic carbocycles. The van der Waals surface area contributed by atoms with Crippen molar-refractivity contribution in [3.63, 3.8) is 0 Å². The van der Waals surface area contributed by atoms with Crippen LogP contribution in [0.25, 0.3) is 6.08 Å². The largest absolute Gasteiger partial charge is 0.493 e. The lowest BCUT2D eigenvalue weighted by molar-refractivity contribution is -0.385. The summed E-state index contributed by atoms with van der Waals surface area (Å²) in [5.41, 5.74) is 1.50. The summed E-state index contributed by atoms with van der Waals surface area (Å²) in [5.74, 6) is -0.0258. The van der Waals surface area contributed by atoms with Crippen LogP contribution in [0.1, 0.15) is 16.7 Å². The molecule has 0 spiro atoms. The standard InChI is InChI=1S/C19H16N2O6/c1-11-5-4-6-12(7-11)18-20-14(19(22)27-18)8-13-9-16(25-2)17(26-3)10-15(13)21(23)24/h4-10H,1-3H3/b14-8-. The molecule has 0 saturated heterocycles. The van der Waals surface area contributed by atoms with Gasteiger partial charge in [0.2, 0.25) is 5.90 Å². The molecule has 2 aromatic rings. The topological polar surface area (TPSA) is 100 Å². The second kappa shape index (κ2) is 7.28. The number of cyclic esters (lactones) is 1. The third-order valence-corrected chi connectivity index (χ3v) is 3.91. The Morgan fingerprint density at radius 3 is 2.48 bits per heavy atom. The van der Waals surface area contributed by atoms with E-state index in [0.717, 1.165) is 5.56 Å². The van der Waals surface area contributed by atoms with Crippen molar-refractivity contribution >= 4 is 23.6 Å². The average Bonchev–Trinajstić information content (AvgIpc) is 3.01. The number of carbonyl (C=O) groups excluding carboxylic acids is 1. The highest BCUT2D eigenvalue weighted by Gasteiger charge is 2.26. The first-order valence-corrected chi connectivity index (χ1v) is 7.93. The van der Waals surface area contributed by atoms with Crippen LogP contribution in [-0.2, 0) is 9.53 Å². The van der Waals surface area contributed by atoms with E-state index in [-0.39, 0.29) is 28.6 Å². The first kappa shape index (κ1) is 18.1. The summed E-state index contributed by atoms with van der Waals surface area (Å²) in [6.45, 7) is 1.91. The second-order valence-electron chi connectivity index (χ2n) is 5.73. The van der Waals surface area contributed by atoms with Crippen LogP contribution in [-0.4, -0.2) is 31.0 Å². The Bertz CT molecular complexity index is 994. The van der Waals surface area contributed by atoms with Gasteiger partial charge in [-0.25, -0.2) is 9.79 Å². The van der Waals surface area contributed by atoms with Crippen LogP contribution in [0.3, 0.4) is 0 Å². The quantitative estimate of drug-likeness (QED) is 0.347. The van der Waals surface area contributed by atoms with Crippen LogP contribution in [0.15, 0.2) is 47.1 Å². The van der Waals surface area contributed by atoms with E-state index in [9.17, 15) is 14.9 Å². The van der Waals surface area contributed by atoms with Crippen LogP contribution < -0.4 is 9.47 Å². The van der Waals surface area contributed by atoms with Crippen LogP contribution in [0.5, 0.6) is 11.5 Å². The molecule has 1 aliphatic rings. The van der Waals surface area contributed by atoms with Crippen molar-refractivity contribution in [1.82, 2.24) is 0 Å². The predicted octanol–water partition coefficient (Wildman–Crippen LogP) is 3.26. The number of hydrogen-bond acceptors (Lipinski definition) is 7. The fourth-order valence-corrected chi connectivity index (χ4v) is 2.62. The molecule has 0 fully saturated rings. The zero-order chi connectivity index (χ0) is 19.6. The Labute approximate surface area is 154 Å². The van der Waals surface area contributed by atoms with Crippen molar-refractivity contribution in [2.45, 2.75) is 6.92 Å². The zero-order valence-corrected chi connectivity index (χ0v) is 14.9. The van der Waals surface area contributed by atoms with E-state index < -0.39 is 10.9 Å². The molecular weight excluding hydrogens is 352 g/mol. The lowest BCUT2D eigenvalue weighted by Gasteiger charge is -2.08. The summed E-state index contributed by atoms with van der Waals surface area (Å²) in [5, 5.41) is 11.4. The summed E-state index contributed by atoms with van der Waals surface area (Å²) in [4.78, 5) is 27.2. The van der Waals surface area contributed by atoms with Crippen molar-refractivity contribution in [2.75, 3.05) is 14.2 Å². The van der Waals surface area contributed by atoms with Gasteiger partial charge in [-0.2, -0.15) is 0 Å². The summed E-state index contributed by atoms with van der Waals surface area (Å²) in [6.07, 6.45) is 1.30. The Kier molecular flexibility index (Phi) is 4.89. The summed E-state index contributed by atoms with van der Waals surface area (Å²) >= 11 is 0. The molecule has 0 saturated carbocycles. The van der Waals surface area contributed by atoms with Crippen molar-refractivity contribution in [2.24, 2.45) is 4.99 Å². The normalized spacial score (nSPS) is 14.7. The molecule has 0 unspecified atom stereocenters. The molecule has 0 radical (unpaired) electrons. The van der Waals surface area contributed by atoms with Gasteiger partial charge in [0.25, 0.3) is 5.69 Å². The number of benzene rings is 2. The van der Waals surface area contributed by atoms with Gasteiger partial charge >= 0.3 is 5.97 Å². The number of aliphatic imine (C=N–C) groups is 1. The molecule has 0 atom stereocenters. The molecule has 0 N–H and O–H groups in total. The SMILES string of the molecule is COc1cc(/C=C2\N=C(c3cccc(C)c3)OC2=O)c([N+](=O)[O-])cc1OC. The smallest absolute Gasteiger partial charge is 0.363 e. The maximum Gasteiger partial charge on any atom is 0.363 e. The molecular formula is C19H16N2O6. The Balaban J connectivity index is 2.07. The first-order chi connectivity index (χ1) is 12.9. The van der Waals surface area contributed by atoms with Crippen LogP contribution in [0.2, 0.25) is 0 Å². The van der Waals surface area contributed by atoms with Gasteiger partial charge in [0.15, 0.2) is 17.2 Å². The Hall–Kier alpha value is -3.68. The van der Waals surface area contributed by atoms with Crippen molar-refractivity contribution in [3.05, 3.63) is 68.9 Å². The predicted molar refractivity (Wildman–Crippen MR) is 98.0 cm³/mol. The third kappa shape index (κ3) is 3.64. The molecule has 0 aliphatic carbocycles. The number of aryl methyl sites for hydroxylation is 1. The van der Waals surface area contributed by atoms with E-state index in [1.807, 2.05) is 25.1 Å². The molecule has 8 nitrogen and oxygen atoms in total. The molecule has 1 heterocycles. The van der Waals surface area contributed by atoms with Crippen molar-refractivity contribution < 1.29 is 23.9 Å².